The number of benzene rings is 1. The van der Waals surface area contributed by atoms with Crippen molar-refractivity contribution in [2.75, 3.05) is 19.3 Å². The van der Waals surface area contributed by atoms with Crippen molar-refractivity contribution < 1.29 is 5.11 Å². The second-order valence-electron chi connectivity index (χ2n) is 4.10. The molecule has 0 unspecified atom stereocenters. The maximum Gasteiger partial charge on any atom is 0.225 e. The van der Waals surface area contributed by atoms with Crippen LogP contribution < -0.4 is 20.9 Å². The van der Waals surface area contributed by atoms with Gasteiger partial charge in [-0.25, -0.2) is 4.58 Å². The zero-order valence-electron chi connectivity index (χ0n) is 8.79. The summed E-state index contributed by atoms with van der Waals surface area (Å²) in [5.41, 5.74) is 8.17. The van der Waals surface area contributed by atoms with Gasteiger partial charge in [0.1, 0.15) is 22.8 Å². The number of phenolic OH excluding ortho intramolecular Hbond substituents is 1. The van der Waals surface area contributed by atoms with E-state index in [4.69, 9.17) is 5.73 Å². The van der Waals surface area contributed by atoms with Gasteiger partial charge in [0.05, 0.1) is 10.9 Å². The molecule has 16 heavy (non-hydrogen) atoms. The third kappa shape index (κ3) is 1.09. The maximum absolute atomic E-state index is 9.97. The number of phenols is 1. The molecule has 0 spiro atoms. The predicted molar refractivity (Wildman–Crippen MR) is 72.7 cm³/mol. The Balaban J connectivity index is 2.67. The van der Waals surface area contributed by atoms with Gasteiger partial charge in [-0.1, -0.05) is 0 Å². The van der Waals surface area contributed by atoms with Gasteiger partial charge in [-0.15, -0.1) is 0 Å². The van der Waals surface area contributed by atoms with Crippen LogP contribution in [0.3, 0.4) is 0 Å². The molecule has 3 rings (SSSR count). The summed E-state index contributed by atoms with van der Waals surface area (Å²) in [6.07, 6.45) is 2.82. The van der Waals surface area contributed by atoms with Crippen LogP contribution in [0, 0.1) is 3.57 Å². The van der Waals surface area contributed by atoms with Crippen molar-refractivity contribution in [2.24, 2.45) is 4.99 Å². The number of anilines is 1. The summed E-state index contributed by atoms with van der Waals surface area (Å²) >= 11 is 2.19. The van der Waals surface area contributed by atoms with Crippen LogP contribution in [0.25, 0.3) is 5.57 Å². The van der Waals surface area contributed by atoms with Crippen molar-refractivity contribution in [2.45, 2.75) is 6.42 Å². The van der Waals surface area contributed by atoms with Crippen molar-refractivity contribution in [1.29, 1.82) is 0 Å². The fourth-order valence-electron chi connectivity index (χ4n) is 2.28. The number of nitrogen functional groups attached to an aromatic ring is 1. The molecule has 0 bridgehead atoms. The molecule has 2 heterocycles. The van der Waals surface area contributed by atoms with E-state index >= 15 is 0 Å². The normalized spacial score (nSPS) is 16.9. The molecule has 3 N–H and O–H groups in total. The molecule has 82 valence electrons. The van der Waals surface area contributed by atoms with E-state index in [1.807, 2.05) is 13.3 Å². The maximum atomic E-state index is 9.97. The summed E-state index contributed by atoms with van der Waals surface area (Å²) in [6.45, 7) is 0.966. The molecule has 0 aromatic heterocycles. The molecule has 2 aliphatic rings. The van der Waals surface area contributed by atoms with Gasteiger partial charge in [-0.05, 0) is 28.2 Å². The van der Waals surface area contributed by atoms with Crippen LogP contribution >= 0.6 is 22.6 Å². The van der Waals surface area contributed by atoms with Gasteiger partial charge in [-0.3, -0.25) is 4.99 Å². The Morgan fingerprint density at radius 3 is 3.06 bits per heavy atom. The lowest BCUT2D eigenvalue weighted by Gasteiger charge is -2.09. The monoisotopic (exact) mass is 328 g/mol. The summed E-state index contributed by atoms with van der Waals surface area (Å²) in [7, 11) is 2.05. The predicted octanol–water partition coefficient (Wildman–Crippen LogP) is -0.0298. The number of hydrogen-bond acceptors (Lipinski definition) is 3. The Morgan fingerprint density at radius 1 is 1.56 bits per heavy atom. The lowest BCUT2D eigenvalue weighted by atomic mass is 10.1. The molecule has 2 aliphatic heterocycles. The molecule has 0 radical (unpaired) electrons. The van der Waals surface area contributed by atoms with E-state index in [2.05, 4.69) is 32.2 Å². The van der Waals surface area contributed by atoms with E-state index in [0.29, 0.717) is 11.4 Å². The number of halogens is 1. The smallest absolute Gasteiger partial charge is 0.225 e. The number of hydrogen-bond donors (Lipinski definition) is 2. The summed E-state index contributed by atoms with van der Waals surface area (Å²) in [5.74, 6) is 0.115. The standard InChI is InChI=1S/C11H10IN3O/c1-15-3-2-5-4-14-9-6(5)10(15)7(12)8(13)11(9)16/h4H,2-3H2,1H3,(H2,13,14,16)/p+1. The van der Waals surface area contributed by atoms with Crippen LogP contribution in [-0.2, 0) is 0 Å². The fourth-order valence-corrected chi connectivity index (χ4v) is 3.22. The molecular formula is C11H11IN3O+. The van der Waals surface area contributed by atoms with Crippen LogP contribution in [0.4, 0.5) is 11.4 Å². The van der Waals surface area contributed by atoms with Crippen molar-refractivity contribution in [1.82, 2.24) is 4.58 Å². The minimum atomic E-state index is 0.115. The largest absolute Gasteiger partial charge is 0.504 e. The average Bonchev–Trinajstić information content (AvgIpc) is 2.68. The number of aromatic hydroxyl groups is 1. The molecule has 0 amide bonds. The molecule has 0 fully saturated rings. The Morgan fingerprint density at radius 2 is 2.31 bits per heavy atom. The van der Waals surface area contributed by atoms with Gasteiger partial charge in [0.15, 0.2) is 5.75 Å². The summed E-state index contributed by atoms with van der Waals surface area (Å²) in [6, 6.07) is 0. The average molecular weight is 328 g/mol. The topological polar surface area (TPSA) is 61.6 Å². The highest BCUT2D eigenvalue weighted by Gasteiger charge is 2.26. The first-order chi connectivity index (χ1) is 7.61. The molecule has 1 aromatic carbocycles. The third-order valence-corrected chi connectivity index (χ3v) is 4.26. The first kappa shape index (κ1) is 10.1. The number of aliphatic imine (C=N–C) groups is 1. The van der Waals surface area contributed by atoms with Crippen molar-refractivity contribution in [3.8, 4) is 5.75 Å². The fraction of sp³-hybridized carbons (Fsp3) is 0.273. The highest BCUT2D eigenvalue weighted by molar-refractivity contribution is 14.1. The van der Waals surface area contributed by atoms with Gasteiger partial charge in [-0.2, -0.15) is 0 Å². The van der Waals surface area contributed by atoms with Gasteiger partial charge < -0.3 is 10.8 Å². The minimum absolute atomic E-state index is 0.115. The van der Waals surface area contributed by atoms with Gasteiger partial charge in [0.2, 0.25) is 5.36 Å². The lowest BCUT2D eigenvalue weighted by molar-refractivity contribution is 0.478. The highest BCUT2D eigenvalue weighted by Crippen LogP contribution is 2.33. The molecule has 5 heteroatoms. The van der Waals surface area contributed by atoms with Crippen LogP contribution in [0.1, 0.15) is 6.42 Å². The Labute approximate surface area is 106 Å². The second kappa shape index (κ2) is 3.19. The molecule has 0 aliphatic carbocycles. The molecule has 1 aromatic rings. The third-order valence-electron chi connectivity index (χ3n) is 3.17. The van der Waals surface area contributed by atoms with Gasteiger partial charge >= 0.3 is 0 Å². The first-order valence-electron chi connectivity index (χ1n) is 5.06. The van der Waals surface area contributed by atoms with E-state index in [9.17, 15) is 5.11 Å². The SMILES string of the molecule is C[N+]1=c2c(I)c(N)c(O)c3c2=C(C=N3)CC1. The molecule has 0 saturated carbocycles. The van der Waals surface area contributed by atoms with Gasteiger partial charge in [0, 0.05) is 12.6 Å². The lowest BCUT2D eigenvalue weighted by Crippen LogP contribution is -2.45. The number of nitrogens with zero attached hydrogens (tertiary/aromatic N) is 2. The Kier molecular flexibility index (Phi) is 2.01. The van der Waals surface area contributed by atoms with Crippen molar-refractivity contribution in [3.63, 3.8) is 0 Å². The summed E-state index contributed by atoms with van der Waals surface area (Å²) < 4.78 is 3.09. The number of rotatable bonds is 0. The van der Waals surface area contributed by atoms with E-state index in [-0.39, 0.29) is 5.75 Å². The quantitative estimate of drug-likeness (QED) is 0.304. The van der Waals surface area contributed by atoms with Crippen LogP contribution in [0.2, 0.25) is 0 Å². The van der Waals surface area contributed by atoms with E-state index in [1.165, 1.54) is 5.57 Å². The van der Waals surface area contributed by atoms with Crippen LogP contribution in [-0.4, -0.2) is 24.9 Å². The Hall–Kier alpha value is -1.11. The summed E-state index contributed by atoms with van der Waals surface area (Å²) in [4.78, 5) is 4.27. The summed E-state index contributed by atoms with van der Waals surface area (Å²) in [5, 5.41) is 12.1. The van der Waals surface area contributed by atoms with Crippen LogP contribution in [0.5, 0.6) is 5.75 Å². The van der Waals surface area contributed by atoms with Crippen molar-refractivity contribution >= 4 is 45.8 Å². The van der Waals surface area contributed by atoms with Crippen molar-refractivity contribution in [3.05, 3.63) is 14.1 Å². The van der Waals surface area contributed by atoms with E-state index in [0.717, 1.165) is 27.1 Å². The molecule has 4 nitrogen and oxygen atoms in total. The highest BCUT2D eigenvalue weighted by atomic mass is 127. The van der Waals surface area contributed by atoms with Crippen LogP contribution in [0.15, 0.2) is 4.99 Å². The Bertz CT molecular complexity index is 661. The van der Waals surface area contributed by atoms with Gasteiger partial charge in [0.25, 0.3) is 0 Å². The zero-order valence-corrected chi connectivity index (χ0v) is 10.9. The number of nitrogens with two attached hydrogens (primary N) is 1. The van der Waals surface area contributed by atoms with E-state index < -0.39 is 0 Å². The molecular weight excluding hydrogens is 317 g/mol. The van der Waals surface area contributed by atoms with E-state index in [1.54, 1.807) is 0 Å². The first-order valence-corrected chi connectivity index (χ1v) is 6.14. The zero-order chi connectivity index (χ0) is 11.4. The minimum Gasteiger partial charge on any atom is -0.504 e. The second-order valence-corrected chi connectivity index (χ2v) is 5.18. The molecule has 0 saturated heterocycles. The molecule has 0 atom stereocenters.